The second kappa shape index (κ2) is 4.04. The molecule has 0 bridgehead atoms. The van der Waals surface area contributed by atoms with Crippen molar-refractivity contribution in [2.45, 2.75) is 0 Å². The van der Waals surface area contributed by atoms with E-state index in [0.29, 0.717) is 11.8 Å². The molecule has 3 nitrogen and oxygen atoms in total. The summed E-state index contributed by atoms with van der Waals surface area (Å²) in [5.74, 6) is -0.521. The molecule has 18 heavy (non-hydrogen) atoms. The van der Waals surface area contributed by atoms with Crippen LogP contribution in [0, 0.1) is 0 Å². The highest BCUT2D eigenvalue weighted by molar-refractivity contribution is 6.33. The second-order valence-corrected chi connectivity index (χ2v) is 4.07. The summed E-state index contributed by atoms with van der Waals surface area (Å²) in [6.45, 7) is 0. The molecule has 3 rings (SSSR count). The molecule has 3 heteroatoms. The van der Waals surface area contributed by atoms with Gasteiger partial charge in [0.1, 0.15) is 0 Å². The first-order chi connectivity index (χ1) is 8.78. The number of hydrogen-bond donors (Lipinski definition) is 0. The summed E-state index contributed by atoms with van der Waals surface area (Å²) in [7, 11) is 0. The Bertz CT molecular complexity index is 778. The number of para-hydroxylation sites is 1. The van der Waals surface area contributed by atoms with Gasteiger partial charge in [-0.1, -0.05) is 30.3 Å². The summed E-state index contributed by atoms with van der Waals surface area (Å²) in [6, 6.07) is 14.9. The summed E-state index contributed by atoms with van der Waals surface area (Å²) < 4.78 is 0. The van der Waals surface area contributed by atoms with E-state index >= 15 is 0 Å². The van der Waals surface area contributed by atoms with Gasteiger partial charge < -0.3 is 0 Å². The van der Waals surface area contributed by atoms with Crippen molar-refractivity contribution >= 4 is 33.9 Å². The van der Waals surface area contributed by atoms with Crippen LogP contribution in [0.4, 0.5) is 0 Å². The Labute approximate surface area is 103 Å². The third kappa shape index (κ3) is 1.66. The third-order valence-corrected chi connectivity index (χ3v) is 2.91. The minimum atomic E-state index is -0.521. The fourth-order valence-electron chi connectivity index (χ4n) is 1.99. The van der Waals surface area contributed by atoms with Crippen molar-refractivity contribution in [2.75, 3.05) is 0 Å². The number of carbonyl (C=O) groups is 2. The highest BCUT2D eigenvalue weighted by Gasteiger charge is 2.06. The number of benzene rings is 2. The molecule has 0 fully saturated rings. The van der Waals surface area contributed by atoms with E-state index in [0.717, 1.165) is 21.8 Å². The van der Waals surface area contributed by atoms with Crippen LogP contribution >= 0.6 is 0 Å². The SMILES string of the molecule is O=CC(=O)c1ccc2cc3ccccc3nc2c1. The molecule has 0 unspecified atom stereocenters. The number of Topliss-reactive ketones (excluding diaryl/α,β-unsaturated/α-hetero) is 1. The van der Waals surface area contributed by atoms with Gasteiger partial charge in [-0.05, 0) is 18.2 Å². The molecule has 0 aliphatic carbocycles. The Kier molecular flexibility index (Phi) is 2.38. The van der Waals surface area contributed by atoms with E-state index in [1.807, 2.05) is 36.4 Å². The number of pyridine rings is 1. The predicted octanol–water partition coefficient (Wildman–Crippen LogP) is 2.77. The maximum Gasteiger partial charge on any atom is 0.225 e. The van der Waals surface area contributed by atoms with Gasteiger partial charge in [-0.2, -0.15) is 0 Å². The van der Waals surface area contributed by atoms with Crippen molar-refractivity contribution in [1.29, 1.82) is 0 Å². The zero-order chi connectivity index (χ0) is 12.5. The largest absolute Gasteiger partial charge is 0.294 e. The molecular weight excluding hydrogens is 226 g/mol. The summed E-state index contributed by atoms with van der Waals surface area (Å²) >= 11 is 0. The standard InChI is InChI=1S/C15H9NO2/c17-9-15(18)12-6-5-11-7-10-3-1-2-4-13(10)16-14(11)8-12/h1-9H. The molecule has 0 atom stereocenters. The fourth-order valence-corrected chi connectivity index (χ4v) is 1.99. The second-order valence-electron chi connectivity index (χ2n) is 4.07. The Balaban J connectivity index is 2.30. The smallest absolute Gasteiger partial charge is 0.225 e. The monoisotopic (exact) mass is 235 g/mol. The number of hydrogen-bond acceptors (Lipinski definition) is 3. The summed E-state index contributed by atoms with van der Waals surface area (Å²) in [5, 5.41) is 2.01. The van der Waals surface area contributed by atoms with Gasteiger partial charge in [-0.25, -0.2) is 4.98 Å². The molecule has 0 aliphatic heterocycles. The van der Waals surface area contributed by atoms with Gasteiger partial charge in [0.2, 0.25) is 5.78 Å². The molecule has 0 spiro atoms. The molecule has 86 valence electrons. The van der Waals surface area contributed by atoms with E-state index in [4.69, 9.17) is 0 Å². The van der Waals surface area contributed by atoms with Crippen molar-refractivity contribution in [3.63, 3.8) is 0 Å². The molecule has 3 aromatic rings. The van der Waals surface area contributed by atoms with Crippen molar-refractivity contribution < 1.29 is 9.59 Å². The van der Waals surface area contributed by atoms with Gasteiger partial charge in [0.15, 0.2) is 6.29 Å². The van der Waals surface area contributed by atoms with Crippen LogP contribution < -0.4 is 0 Å². The average Bonchev–Trinajstić information content (AvgIpc) is 2.43. The minimum Gasteiger partial charge on any atom is -0.294 e. The first-order valence-corrected chi connectivity index (χ1v) is 5.57. The highest BCUT2D eigenvalue weighted by atomic mass is 16.2. The molecule has 0 radical (unpaired) electrons. The fraction of sp³-hybridized carbons (Fsp3) is 0. The lowest BCUT2D eigenvalue weighted by Crippen LogP contribution is -1.99. The van der Waals surface area contributed by atoms with Gasteiger partial charge in [-0.3, -0.25) is 9.59 Å². The van der Waals surface area contributed by atoms with Gasteiger partial charge >= 0.3 is 0 Å². The Morgan fingerprint density at radius 2 is 1.72 bits per heavy atom. The molecule has 1 aromatic heterocycles. The van der Waals surface area contributed by atoms with Crippen LogP contribution in [0.15, 0.2) is 48.5 Å². The van der Waals surface area contributed by atoms with Crippen LogP contribution in [0.5, 0.6) is 0 Å². The maximum atomic E-state index is 11.3. The summed E-state index contributed by atoms with van der Waals surface area (Å²) in [6.07, 6.45) is 0.322. The molecule has 2 aromatic carbocycles. The van der Waals surface area contributed by atoms with E-state index in [-0.39, 0.29) is 0 Å². The number of carbonyl (C=O) groups excluding carboxylic acids is 2. The van der Waals surface area contributed by atoms with Crippen molar-refractivity contribution in [1.82, 2.24) is 4.98 Å². The van der Waals surface area contributed by atoms with Crippen LogP contribution in [0.25, 0.3) is 21.8 Å². The van der Waals surface area contributed by atoms with Crippen LogP contribution in [-0.2, 0) is 4.79 Å². The number of aromatic nitrogens is 1. The lowest BCUT2D eigenvalue weighted by molar-refractivity contribution is -0.104. The zero-order valence-electron chi connectivity index (χ0n) is 9.46. The predicted molar refractivity (Wildman–Crippen MR) is 69.6 cm³/mol. The summed E-state index contributed by atoms with van der Waals surface area (Å²) in [4.78, 5) is 26.3. The van der Waals surface area contributed by atoms with Crippen molar-refractivity contribution in [2.24, 2.45) is 0 Å². The lowest BCUT2D eigenvalue weighted by atomic mass is 10.1. The third-order valence-electron chi connectivity index (χ3n) is 2.91. The van der Waals surface area contributed by atoms with E-state index < -0.39 is 5.78 Å². The van der Waals surface area contributed by atoms with E-state index in [9.17, 15) is 9.59 Å². The Morgan fingerprint density at radius 1 is 0.944 bits per heavy atom. The molecule has 0 aliphatic rings. The quantitative estimate of drug-likeness (QED) is 0.297. The Morgan fingerprint density at radius 3 is 2.56 bits per heavy atom. The van der Waals surface area contributed by atoms with Crippen molar-refractivity contribution in [3.05, 3.63) is 54.1 Å². The van der Waals surface area contributed by atoms with E-state index in [2.05, 4.69) is 4.98 Å². The number of aldehydes is 1. The molecule has 0 saturated heterocycles. The molecule has 0 N–H and O–H groups in total. The zero-order valence-corrected chi connectivity index (χ0v) is 9.46. The van der Waals surface area contributed by atoms with Crippen molar-refractivity contribution in [3.8, 4) is 0 Å². The molecular formula is C15H9NO2. The van der Waals surface area contributed by atoms with Crippen LogP contribution in [0.1, 0.15) is 10.4 Å². The van der Waals surface area contributed by atoms with Gasteiger partial charge in [-0.15, -0.1) is 0 Å². The number of fused-ring (bicyclic) bond motifs is 2. The summed E-state index contributed by atoms with van der Waals surface area (Å²) in [5.41, 5.74) is 1.97. The van der Waals surface area contributed by atoms with E-state index in [1.54, 1.807) is 12.1 Å². The van der Waals surface area contributed by atoms with Gasteiger partial charge in [0.05, 0.1) is 11.0 Å². The highest BCUT2D eigenvalue weighted by Crippen LogP contribution is 2.20. The topological polar surface area (TPSA) is 47.0 Å². The first-order valence-electron chi connectivity index (χ1n) is 5.57. The van der Waals surface area contributed by atoms with Gasteiger partial charge in [0, 0.05) is 16.3 Å². The van der Waals surface area contributed by atoms with Gasteiger partial charge in [0.25, 0.3) is 0 Å². The number of nitrogens with zero attached hydrogens (tertiary/aromatic N) is 1. The van der Waals surface area contributed by atoms with Crippen LogP contribution in [-0.4, -0.2) is 17.1 Å². The number of ketones is 1. The maximum absolute atomic E-state index is 11.3. The minimum absolute atomic E-state index is 0.322. The normalized spacial score (nSPS) is 10.7. The number of rotatable bonds is 2. The van der Waals surface area contributed by atoms with E-state index in [1.165, 1.54) is 0 Å². The van der Waals surface area contributed by atoms with Crippen LogP contribution in [0.2, 0.25) is 0 Å². The lowest BCUT2D eigenvalue weighted by Gasteiger charge is -2.02. The molecule has 0 amide bonds. The average molecular weight is 235 g/mol. The molecule has 1 heterocycles. The Hall–Kier alpha value is -2.55. The van der Waals surface area contributed by atoms with Crippen LogP contribution in [0.3, 0.4) is 0 Å². The first kappa shape index (κ1) is 10.6. The molecule has 0 saturated carbocycles.